The first-order valence-electron chi connectivity index (χ1n) is 3.94. The molecule has 0 N–H and O–H groups in total. The van der Waals surface area contributed by atoms with E-state index >= 15 is 0 Å². The van der Waals surface area contributed by atoms with Crippen molar-refractivity contribution in [3.63, 3.8) is 0 Å². The summed E-state index contributed by atoms with van der Waals surface area (Å²) < 4.78 is 5.12. The van der Waals surface area contributed by atoms with E-state index in [-0.39, 0.29) is 5.12 Å². The quantitative estimate of drug-likeness (QED) is 0.735. The normalized spacial score (nSPS) is 9.85. The molecule has 0 bridgehead atoms. The van der Waals surface area contributed by atoms with Gasteiger partial charge in [0, 0.05) is 5.56 Å². The highest BCUT2D eigenvalue weighted by atomic mass is 32.1. The maximum absolute atomic E-state index is 11.0. The fourth-order valence-electron chi connectivity index (χ4n) is 1.24. The predicted octanol–water partition coefficient (Wildman–Crippen LogP) is 2.38. The average molecular weight is 196 g/mol. The highest BCUT2D eigenvalue weighted by Gasteiger charge is 2.08. The van der Waals surface area contributed by atoms with E-state index in [1.807, 2.05) is 19.9 Å². The summed E-state index contributed by atoms with van der Waals surface area (Å²) in [6.45, 7) is 3.77. The van der Waals surface area contributed by atoms with Crippen molar-refractivity contribution in [3.05, 3.63) is 28.8 Å². The van der Waals surface area contributed by atoms with Crippen LogP contribution in [0.4, 0.5) is 0 Å². The summed E-state index contributed by atoms with van der Waals surface area (Å²) in [6.07, 6.45) is 0. The summed E-state index contributed by atoms with van der Waals surface area (Å²) in [4.78, 5) is 11.0. The number of methoxy groups -OCH3 is 1. The van der Waals surface area contributed by atoms with Crippen LogP contribution in [-0.2, 0) is 0 Å². The first-order chi connectivity index (χ1) is 6.06. The van der Waals surface area contributed by atoms with Gasteiger partial charge >= 0.3 is 0 Å². The van der Waals surface area contributed by atoms with Crippen LogP contribution < -0.4 is 4.74 Å². The van der Waals surface area contributed by atoms with E-state index in [0.717, 1.165) is 16.9 Å². The van der Waals surface area contributed by atoms with Crippen molar-refractivity contribution in [1.29, 1.82) is 0 Å². The van der Waals surface area contributed by atoms with Gasteiger partial charge in [0.05, 0.1) is 7.11 Å². The van der Waals surface area contributed by atoms with E-state index in [4.69, 9.17) is 4.74 Å². The second-order valence-electron chi connectivity index (χ2n) is 2.94. The van der Waals surface area contributed by atoms with Crippen LogP contribution in [0.5, 0.6) is 5.75 Å². The zero-order valence-corrected chi connectivity index (χ0v) is 8.81. The fourth-order valence-corrected chi connectivity index (χ4v) is 1.48. The van der Waals surface area contributed by atoms with Gasteiger partial charge in [-0.2, -0.15) is 0 Å². The SMILES string of the molecule is COc1cc(C)c(C(=O)S)cc1C. The van der Waals surface area contributed by atoms with Gasteiger partial charge in [0.1, 0.15) is 5.75 Å². The zero-order valence-electron chi connectivity index (χ0n) is 7.92. The smallest absolute Gasteiger partial charge is 0.216 e. The molecule has 0 spiro atoms. The Hall–Kier alpha value is -0.960. The van der Waals surface area contributed by atoms with Gasteiger partial charge in [-0.15, -0.1) is 12.6 Å². The molecule has 0 amide bonds. The molecule has 0 radical (unpaired) electrons. The van der Waals surface area contributed by atoms with E-state index in [0.29, 0.717) is 5.56 Å². The van der Waals surface area contributed by atoms with Gasteiger partial charge < -0.3 is 4.74 Å². The molecule has 0 aliphatic rings. The third-order valence-electron chi connectivity index (χ3n) is 1.97. The van der Waals surface area contributed by atoms with E-state index in [2.05, 4.69) is 12.6 Å². The second-order valence-corrected chi connectivity index (χ2v) is 3.35. The van der Waals surface area contributed by atoms with Crippen molar-refractivity contribution in [2.75, 3.05) is 7.11 Å². The maximum Gasteiger partial charge on any atom is 0.216 e. The Kier molecular flexibility index (Phi) is 2.98. The Morgan fingerprint density at radius 1 is 1.31 bits per heavy atom. The number of thiol groups is 1. The third-order valence-corrected chi connectivity index (χ3v) is 2.21. The fraction of sp³-hybridized carbons (Fsp3) is 0.300. The molecular weight excluding hydrogens is 184 g/mol. The largest absolute Gasteiger partial charge is 0.496 e. The number of aryl methyl sites for hydroxylation is 2. The molecule has 0 unspecified atom stereocenters. The molecule has 0 fully saturated rings. The number of hydrogen-bond acceptors (Lipinski definition) is 2. The van der Waals surface area contributed by atoms with Crippen LogP contribution in [0.1, 0.15) is 21.5 Å². The minimum atomic E-state index is -0.205. The van der Waals surface area contributed by atoms with Gasteiger partial charge in [-0.05, 0) is 37.1 Å². The number of carbonyl (C=O) groups is 1. The van der Waals surface area contributed by atoms with Crippen molar-refractivity contribution in [2.24, 2.45) is 0 Å². The Balaban J connectivity index is 3.28. The van der Waals surface area contributed by atoms with Gasteiger partial charge in [0.2, 0.25) is 5.12 Å². The summed E-state index contributed by atoms with van der Waals surface area (Å²) in [7, 11) is 1.62. The standard InChI is InChI=1S/C10H12O2S/c1-6-5-9(12-3)7(2)4-8(6)10(11)13/h4-5H,1-3H3,(H,11,13). The van der Waals surface area contributed by atoms with Gasteiger partial charge in [-0.25, -0.2) is 0 Å². The van der Waals surface area contributed by atoms with E-state index in [1.54, 1.807) is 13.2 Å². The van der Waals surface area contributed by atoms with Crippen LogP contribution in [0.25, 0.3) is 0 Å². The number of rotatable bonds is 2. The summed E-state index contributed by atoms with van der Waals surface area (Å²) >= 11 is 3.79. The summed E-state index contributed by atoms with van der Waals surface area (Å²) in [6, 6.07) is 3.64. The van der Waals surface area contributed by atoms with Crippen molar-refractivity contribution in [1.82, 2.24) is 0 Å². The van der Waals surface area contributed by atoms with Crippen LogP contribution in [0.3, 0.4) is 0 Å². The highest BCUT2D eigenvalue weighted by Crippen LogP contribution is 2.23. The minimum absolute atomic E-state index is 0.205. The third kappa shape index (κ3) is 2.04. The molecule has 1 rings (SSSR count). The summed E-state index contributed by atoms with van der Waals surface area (Å²) in [5.41, 5.74) is 2.48. The Morgan fingerprint density at radius 3 is 2.38 bits per heavy atom. The molecular formula is C10H12O2S. The van der Waals surface area contributed by atoms with Crippen LogP contribution in [0.2, 0.25) is 0 Å². The monoisotopic (exact) mass is 196 g/mol. The molecule has 0 heterocycles. The lowest BCUT2D eigenvalue weighted by Crippen LogP contribution is -1.97. The molecule has 13 heavy (non-hydrogen) atoms. The maximum atomic E-state index is 11.0. The Morgan fingerprint density at radius 2 is 1.92 bits per heavy atom. The molecule has 3 heteroatoms. The second kappa shape index (κ2) is 3.83. The van der Waals surface area contributed by atoms with Crippen molar-refractivity contribution in [3.8, 4) is 5.75 Å². The molecule has 1 aromatic carbocycles. The molecule has 1 aromatic rings. The average Bonchev–Trinajstić information content (AvgIpc) is 2.07. The summed E-state index contributed by atoms with van der Waals surface area (Å²) in [5.74, 6) is 0.802. The molecule has 70 valence electrons. The van der Waals surface area contributed by atoms with E-state index < -0.39 is 0 Å². The highest BCUT2D eigenvalue weighted by molar-refractivity contribution is 7.97. The lowest BCUT2D eigenvalue weighted by molar-refractivity contribution is 0.109. The van der Waals surface area contributed by atoms with Gasteiger partial charge in [0.15, 0.2) is 0 Å². The van der Waals surface area contributed by atoms with Crippen LogP contribution >= 0.6 is 12.6 Å². The number of carbonyl (C=O) groups excluding carboxylic acids is 1. The molecule has 0 saturated carbocycles. The Labute approximate surface area is 83.3 Å². The van der Waals surface area contributed by atoms with Crippen molar-refractivity contribution in [2.45, 2.75) is 13.8 Å². The summed E-state index contributed by atoms with van der Waals surface area (Å²) in [5, 5.41) is -0.205. The molecule has 0 aromatic heterocycles. The van der Waals surface area contributed by atoms with Gasteiger partial charge in [0.25, 0.3) is 0 Å². The zero-order chi connectivity index (χ0) is 10.0. The van der Waals surface area contributed by atoms with Gasteiger partial charge in [-0.1, -0.05) is 0 Å². The molecule has 0 saturated heterocycles. The lowest BCUT2D eigenvalue weighted by Gasteiger charge is -2.08. The van der Waals surface area contributed by atoms with Crippen LogP contribution in [-0.4, -0.2) is 12.2 Å². The minimum Gasteiger partial charge on any atom is -0.496 e. The Bertz CT molecular complexity index is 345. The molecule has 0 aliphatic carbocycles. The number of benzene rings is 1. The van der Waals surface area contributed by atoms with Crippen molar-refractivity contribution >= 4 is 17.7 Å². The molecule has 0 atom stereocenters. The molecule has 0 aliphatic heterocycles. The lowest BCUT2D eigenvalue weighted by atomic mass is 10.1. The van der Waals surface area contributed by atoms with Crippen LogP contribution in [0.15, 0.2) is 12.1 Å². The predicted molar refractivity (Wildman–Crippen MR) is 55.8 cm³/mol. The van der Waals surface area contributed by atoms with E-state index in [9.17, 15) is 4.79 Å². The van der Waals surface area contributed by atoms with Gasteiger partial charge in [-0.3, -0.25) is 4.79 Å². The topological polar surface area (TPSA) is 26.3 Å². The van der Waals surface area contributed by atoms with Crippen molar-refractivity contribution < 1.29 is 9.53 Å². The van der Waals surface area contributed by atoms with E-state index in [1.165, 1.54) is 0 Å². The first kappa shape index (κ1) is 10.1. The first-order valence-corrected chi connectivity index (χ1v) is 4.39. The number of hydrogen-bond donors (Lipinski definition) is 1. The number of ether oxygens (including phenoxy) is 1. The molecule has 2 nitrogen and oxygen atoms in total. The van der Waals surface area contributed by atoms with Crippen LogP contribution in [0, 0.1) is 13.8 Å².